The molecule has 0 saturated heterocycles. The first-order valence-electron chi connectivity index (χ1n) is 3.11. The minimum Gasteiger partial charge on any atom is -0.303 e. The summed E-state index contributed by atoms with van der Waals surface area (Å²) in [6.45, 7) is 3.30. The molecule has 0 radical (unpaired) electrons. The molecule has 0 aliphatic carbocycles. The minimum atomic E-state index is -4.64. The fourth-order valence-electron chi connectivity index (χ4n) is 0.204. The van der Waals surface area contributed by atoms with Gasteiger partial charge in [-0.15, -0.1) is 0 Å². The van der Waals surface area contributed by atoms with Crippen LogP contribution in [-0.4, -0.2) is 34.6 Å². The van der Waals surface area contributed by atoms with Crippen molar-refractivity contribution in [3.8, 4) is 0 Å². The lowest BCUT2D eigenvalue weighted by molar-refractivity contribution is 0.275. The van der Waals surface area contributed by atoms with Gasteiger partial charge in [-0.3, -0.25) is 0 Å². The average molecular weight is 220 g/mol. The molecule has 0 aliphatic rings. The molecule has 0 heterocycles. The zero-order chi connectivity index (χ0) is 10.4. The topological polar surface area (TPSA) is 112 Å². The van der Waals surface area contributed by atoms with Crippen molar-refractivity contribution in [3.63, 3.8) is 0 Å². The normalized spacial score (nSPS) is 11.8. The highest BCUT2D eigenvalue weighted by Gasteiger charge is 2.00. The SMILES string of the molecule is CCS(=O)(=O)CC.O=P(O)(O)O. The summed E-state index contributed by atoms with van der Waals surface area (Å²) >= 11 is 0. The van der Waals surface area contributed by atoms with Crippen LogP contribution in [0.2, 0.25) is 0 Å². The Hall–Kier alpha value is 0.0600. The summed E-state index contributed by atoms with van der Waals surface area (Å²) in [6, 6.07) is 0. The molecule has 0 amide bonds. The van der Waals surface area contributed by atoms with Crippen LogP contribution in [0, 0.1) is 0 Å². The van der Waals surface area contributed by atoms with E-state index in [1.807, 2.05) is 0 Å². The monoisotopic (exact) mass is 220 g/mol. The maximum atomic E-state index is 10.4. The zero-order valence-electron chi connectivity index (χ0n) is 6.84. The second-order valence-electron chi connectivity index (χ2n) is 1.83. The van der Waals surface area contributed by atoms with Crippen molar-refractivity contribution in [1.82, 2.24) is 0 Å². The van der Waals surface area contributed by atoms with Gasteiger partial charge < -0.3 is 14.7 Å². The van der Waals surface area contributed by atoms with E-state index in [2.05, 4.69) is 0 Å². The van der Waals surface area contributed by atoms with Crippen molar-refractivity contribution in [1.29, 1.82) is 0 Å². The largest absolute Gasteiger partial charge is 0.466 e. The van der Waals surface area contributed by atoms with E-state index >= 15 is 0 Å². The van der Waals surface area contributed by atoms with Crippen LogP contribution in [-0.2, 0) is 14.4 Å². The average Bonchev–Trinajstić information content (AvgIpc) is 1.85. The molecule has 8 heteroatoms. The van der Waals surface area contributed by atoms with E-state index in [0.29, 0.717) is 0 Å². The summed E-state index contributed by atoms with van der Waals surface area (Å²) in [5.74, 6) is 0.535. The van der Waals surface area contributed by atoms with Gasteiger partial charge in [-0.25, -0.2) is 13.0 Å². The fraction of sp³-hybridized carbons (Fsp3) is 1.00. The molecule has 0 bridgehead atoms. The van der Waals surface area contributed by atoms with E-state index in [4.69, 9.17) is 19.2 Å². The van der Waals surface area contributed by atoms with Gasteiger partial charge in [0, 0.05) is 11.5 Å². The Balaban J connectivity index is 0. The lowest BCUT2D eigenvalue weighted by Gasteiger charge is -1.89. The van der Waals surface area contributed by atoms with E-state index < -0.39 is 17.7 Å². The number of rotatable bonds is 2. The third kappa shape index (κ3) is 22.5. The van der Waals surface area contributed by atoms with Crippen LogP contribution in [0.1, 0.15) is 13.8 Å². The van der Waals surface area contributed by atoms with Crippen molar-refractivity contribution >= 4 is 17.7 Å². The van der Waals surface area contributed by atoms with E-state index in [0.717, 1.165) is 0 Å². The molecule has 3 N–H and O–H groups in total. The molecule has 6 nitrogen and oxygen atoms in total. The van der Waals surface area contributed by atoms with Crippen molar-refractivity contribution in [2.75, 3.05) is 11.5 Å². The third-order valence-corrected chi connectivity index (χ3v) is 2.64. The molecular formula is C4H13O6PS. The van der Waals surface area contributed by atoms with Crippen molar-refractivity contribution in [2.24, 2.45) is 0 Å². The molecule has 12 heavy (non-hydrogen) atoms. The van der Waals surface area contributed by atoms with Gasteiger partial charge >= 0.3 is 7.82 Å². The summed E-state index contributed by atoms with van der Waals surface area (Å²) in [4.78, 5) is 21.6. The molecule has 0 rings (SSSR count). The first-order valence-corrected chi connectivity index (χ1v) is 6.49. The van der Waals surface area contributed by atoms with Crippen molar-refractivity contribution in [3.05, 3.63) is 0 Å². The second-order valence-corrected chi connectivity index (χ2v) is 5.50. The van der Waals surface area contributed by atoms with Gasteiger partial charge in [0.05, 0.1) is 0 Å². The van der Waals surface area contributed by atoms with Gasteiger partial charge in [0.1, 0.15) is 9.84 Å². The molecule has 0 atom stereocenters. The number of phosphoric acid groups is 1. The lowest BCUT2D eigenvalue weighted by atomic mass is 11.0. The zero-order valence-corrected chi connectivity index (χ0v) is 8.55. The fourth-order valence-corrected chi connectivity index (χ4v) is 0.612. The molecule has 0 fully saturated rings. The van der Waals surface area contributed by atoms with Crippen LogP contribution in [0.5, 0.6) is 0 Å². The second kappa shape index (κ2) is 5.66. The molecule has 0 aliphatic heterocycles. The van der Waals surface area contributed by atoms with Crippen molar-refractivity contribution in [2.45, 2.75) is 13.8 Å². The first-order chi connectivity index (χ1) is 5.12. The number of sulfone groups is 1. The van der Waals surface area contributed by atoms with Gasteiger partial charge in [-0.1, -0.05) is 13.8 Å². The highest BCUT2D eigenvalue weighted by atomic mass is 32.2. The predicted octanol–water partition coefficient (Wildman–Crippen LogP) is -0.488. The van der Waals surface area contributed by atoms with Crippen LogP contribution in [0.25, 0.3) is 0 Å². The Labute approximate surface area is 71.4 Å². The summed E-state index contributed by atoms with van der Waals surface area (Å²) in [5.41, 5.74) is 0. The van der Waals surface area contributed by atoms with Gasteiger partial charge in [-0.2, -0.15) is 0 Å². The highest BCUT2D eigenvalue weighted by molar-refractivity contribution is 7.91. The first kappa shape index (κ1) is 14.6. The Bertz CT molecular complexity index is 220. The van der Waals surface area contributed by atoms with E-state index in [1.165, 1.54) is 0 Å². The van der Waals surface area contributed by atoms with E-state index in [9.17, 15) is 8.42 Å². The summed E-state index contributed by atoms with van der Waals surface area (Å²) in [6.07, 6.45) is 0. The maximum Gasteiger partial charge on any atom is 0.466 e. The van der Waals surface area contributed by atoms with Gasteiger partial charge in [0.2, 0.25) is 0 Å². The quantitative estimate of drug-likeness (QED) is 0.541. The molecule has 0 aromatic heterocycles. The van der Waals surface area contributed by atoms with Crippen LogP contribution in [0.4, 0.5) is 0 Å². The molecule has 0 spiro atoms. The molecule has 0 aromatic carbocycles. The Morgan fingerprint density at radius 1 is 1.08 bits per heavy atom. The van der Waals surface area contributed by atoms with Crippen LogP contribution < -0.4 is 0 Å². The summed E-state index contributed by atoms with van der Waals surface area (Å²) < 4.78 is 29.6. The number of hydrogen-bond donors (Lipinski definition) is 3. The Kier molecular flexibility index (Phi) is 6.88. The van der Waals surface area contributed by atoms with E-state index in [1.54, 1.807) is 13.8 Å². The van der Waals surface area contributed by atoms with Crippen molar-refractivity contribution < 1.29 is 27.7 Å². The third-order valence-electron chi connectivity index (χ3n) is 0.880. The number of hydrogen-bond acceptors (Lipinski definition) is 3. The van der Waals surface area contributed by atoms with Crippen LogP contribution >= 0.6 is 7.82 Å². The Morgan fingerprint density at radius 2 is 1.25 bits per heavy atom. The van der Waals surface area contributed by atoms with Crippen LogP contribution in [0.3, 0.4) is 0 Å². The molecular weight excluding hydrogens is 207 g/mol. The van der Waals surface area contributed by atoms with Crippen LogP contribution in [0.15, 0.2) is 0 Å². The summed E-state index contributed by atoms with van der Waals surface area (Å²) in [5, 5.41) is 0. The predicted molar refractivity (Wildman–Crippen MR) is 44.3 cm³/mol. The summed E-state index contributed by atoms with van der Waals surface area (Å²) in [7, 11) is -7.30. The standard InChI is InChI=1S/C4H10O2S.H3O4P/c1-3-7(5,6)4-2;1-5(2,3)4/h3-4H2,1-2H3;(H3,1,2,3,4). The smallest absolute Gasteiger partial charge is 0.303 e. The maximum absolute atomic E-state index is 10.4. The Morgan fingerprint density at radius 3 is 1.25 bits per heavy atom. The van der Waals surface area contributed by atoms with Gasteiger partial charge in [-0.05, 0) is 0 Å². The van der Waals surface area contributed by atoms with E-state index in [-0.39, 0.29) is 11.5 Å². The highest BCUT2D eigenvalue weighted by Crippen LogP contribution is 2.25. The molecule has 76 valence electrons. The lowest BCUT2D eigenvalue weighted by Crippen LogP contribution is -2.04. The molecule has 0 unspecified atom stereocenters. The molecule has 0 saturated carbocycles. The van der Waals surface area contributed by atoms with Gasteiger partial charge in [0.25, 0.3) is 0 Å². The van der Waals surface area contributed by atoms with Gasteiger partial charge in [0.15, 0.2) is 0 Å². The minimum absolute atomic E-state index is 0.267. The molecule has 0 aromatic rings.